The topological polar surface area (TPSA) is 48.3 Å². The third-order valence-electron chi connectivity index (χ3n) is 3.43. The van der Waals surface area contributed by atoms with E-state index >= 15 is 0 Å². The minimum atomic E-state index is -0.382. The smallest absolute Gasteiger partial charge is 0.165 e. The van der Waals surface area contributed by atoms with Crippen LogP contribution in [0.3, 0.4) is 0 Å². The lowest BCUT2D eigenvalue weighted by Gasteiger charge is -2.20. The summed E-state index contributed by atoms with van der Waals surface area (Å²) in [4.78, 5) is 0. The molecule has 0 aliphatic heterocycles. The van der Waals surface area contributed by atoms with Crippen LogP contribution in [0, 0.1) is 5.82 Å². The molecule has 0 amide bonds. The van der Waals surface area contributed by atoms with Gasteiger partial charge in [0.25, 0.3) is 0 Å². The maximum absolute atomic E-state index is 13.6. The molecular formula is C15H20FN3O2. The Kier molecular flexibility index (Phi) is 4.80. The predicted molar refractivity (Wildman–Crippen MR) is 78.3 cm³/mol. The molecular weight excluding hydrogens is 273 g/mol. The highest BCUT2D eigenvalue weighted by molar-refractivity contribution is 5.40. The molecule has 0 fully saturated rings. The lowest BCUT2D eigenvalue weighted by molar-refractivity contribution is 0.384. The molecule has 0 spiro atoms. The van der Waals surface area contributed by atoms with Crippen LogP contribution in [-0.4, -0.2) is 31.0 Å². The molecule has 1 unspecified atom stereocenters. The van der Waals surface area contributed by atoms with E-state index in [1.165, 1.54) is 13.2 Å². The first-order valence-electron chi connectivity index (χ1n) is 6.76. The number of aryl methyl sites for hydroxylation is 1. The fourth-order valence-corrected chi connectivity index (χ4v) is 2.40. The molecule has 0 aliphatic rings. The molecule has 0 aliphatic carbocycles. The standard InChI is InChI=1S/C15H20FN3O2/c1-5-19-15(13(21-4)9-18-19)14(17-2)10-6-7-11(16)12(8-10)20-3/h6-9,14,17H,5H2,1-4H3. The Hall–Kier alpha value is -2.08. The van der Waals surface area contributed by atoms with Crippen molar-refractivity contribution in [3.05, 3.63) is 41.5 Å². The Morgan fingerprint density at radius 2 is 2.00 bits per heavy atom. The van der Waals surface area contributed by atoms with Gasteiger partial charge in [-0.15, -0.1) is 0 Å². The molecule has 1 atom stereocenters. The summed E-state index contributed by atoms with van der Waals surface area (Å²) in [6.07, 6.45) is 1.68. The van der Waals surface area contributed by atoms with E-state index in [1.54, 1.807) is 25.4 Å². The quantitative estimate of drug-likeness (QED) is 0.888. The molecule has 0 bridgehead atoms. The van der Waals surface area contributed by atoms with Crippen molar-refractivity contribution < 1.29 is 13.9 Å². The molecule has 2 aromatic rings. The van der Waals surface area contributed by atoms with E-state index in [4.69, 9.17) is 9.47 Å². The van der Waals surface area contributed by atoms with Gasteiger partial charge in [-0.3, -0.25) is 4.68 Å². The molecule has 114 valence electrons. The van der Waals surface area contributed by atoms with E-state index < -0.39 is 0 Å². The number of methoxy groups -OCH3 is 2. The lowest BCUT2D eigenvalue weighted by atomic mass is 10.0. The first kappa shape index (κ1) is 15.3. The van der Waals surface area contributed by atoms with Crippen molar-refractivity contribution in [3.63, 3.8) is 0 Å². The van der Waals surface area contributed by atoms with Crippen LogP contribution in [0.15, 0.2) is 24.4 Å². The molecule has 1 heterocycles. The van der Waals surface area contributed by atoms with Crippen molar-refractivity contribution in [3.8, 4) is 11.5 Å². The number of rotatable bonds is 6. The summed E-state index contributed by atoms with van der Waals surface area (Å²) in [5, 5.41) is 7.53. The van der Waals surface area contributed by atoms with Gasteiger partial charge in [-0.25, -0.2) is 4.39 Å². The van der Waals surface area contributed by atoms with Crippen LogP contribution in [0.4, 0.5) is 4.39 Å². The van der Waals surface area contributed by atoms with E-state index in [0.717, 1.165) is 17.8 Å². The van der Waals surface area contributed by atoms with Crippen molar-refractivity contribution in [1.29, 1.82) is 0 Å². The molecule has 0 saturated carbocycles. The molecule has 0 radical (unpaired) electrons. The highest BCUT2D eigenvalue weighted by Crippen LogP contribution is 2.32. The number of hydrogen-bond donors (Lipinski definition) is 1. The number of nitrogens with one attached hydrogen (secondary N) is 1. The maximum atomic E-state index is 13.6. The summed E-state index contributed by atoms with van der Waals surface area (Å²) >= 11 is 0. The monoisotopic (exact) mass is 293 g/mol. The first-order valence-corrected chi connectivity index (χ1v) is 6.76. The minimum absolute atomic E-state index is 0.170. The molecule has 1 N–H and O–H groups in total. The van der Waals surface area contributed by atoms with Gasteiger partial charge in [0.1, 0.15) is 5.69 Å². The van der Waals surface area contributed by atoms with E-state index in [9.17, 15) is 4.39 Å². The largest absolute Gasteiger partial charge is 0.494 e. The molecule has 2 rings (SSSR count). The molecule has 1 aromatic heterocycles. The zero-order valence-electron chi connectivity index (χ0n) is 12.7. The van der Waals surface area contributed by atoms with Crippen LogP contribution in [0.1, 0.15) is 24.2 Å². The number of halogens is 1. The highest BCUT2D eigenvalue weighted by atomic mass is 19.1. The van der Waals surface area contributed by atoms with E-state index in [0.29, 0.717) is 5.75 Å². The van der Waals surface area contributed by atoms with E-state index in [-0.39, 0.29) is 17.6 Å². The van der Waals surface area contributed by atoms with E-state index in [2.05, 4.69) is 10.4 Å². The van der Waals surface area contributed by atoms with Crippen LogP contribution in [-0.2, 0) is 6.54 Å². The summed E-state index contributed by atoms with van der Waals surface area (Å²) < 4.78 is 25.9. The average Bonchev–Trinajstić information content (AvgIpc) is 2.92. The molecule has 21 heavy (non-hydrogen) atoms. The normalized spacial score (nSPS) is 12.2. The lowest BCUT2D eigenvalue weighted by Crippen LogP contribution is -2.22. The van der Waals surface area contributed by atoms with Crippen molar-refractivity contribution >= 4 is 0 Å². The summed E-state index contributed by atoms with van der Waals surface area (Å²) in [7, 11) is 4.90. The SMILES string of the molecule is CCn1ncc(OC)c1C(NC)c1ccc(F)c(OC)c1. The van der Waals surface area contributed by atoms with Gasteiger partial charge >= 0.3 is 0 Å². The second-order valence-corrected chi connectivity index (χ2v) is 4.53. The maximum Gasteiger partial charge on any atom is 0.165 e. The summed E-state index contributed by atoms with van der Waals surface area (Å²) in [6, 6.07) is 4.64. The first-order chi connectivity index (χ1) is 10.2. The van der Waals surface area contributed by atoms with Gasteiger partial charge in [0.2, 0.25) is 0 Å². The highest BCUT2D eigenvalue weighted by Gasteiger charge is 2.23. The second-order valence-electron chi connectivity index (χ2n) is 4.53. The number of benzene rings is 1. The van der Waals surface area contributed by atoms with Gasteiger partial charge in [0.15, 0.2) is 17.3 Å². The average molecular weight is 293 g/mol. The summed E-state index contributed by atoms with van der Waals surface area (Å²) in [5.74, 6) is 0.529. The Morgan fingerprint density at radius 3 is 2.57 bits per heavy atom. The zero-order valence-corrected chi connectivity index (χ0v) is 12.7. The third-order valence-corrected chi connectivity index (χ3v) is 3.43. The Bertz CT molecular complexity index is 591. The second kappa shape index (κ2) is 6.58. The zero-order chi connectivity index (χ0) is 15.4. The molecule has 6 heteroatoms. The van der Waals surface area contributed by atoms with Crippen molar-refractivity contribution in [2.45, 2.75) is 19.5 Å². The van der Waals surface area contributed by atoms with Gasteiger partial charge in [-0.05, 0) is 31.7 Å². The van der Waals surface area contributed by atoms with Crippen molar-refractivity contribution in [2.24, 2.45) is 0 Å². The van der Waals surface area contributed by atoms with Crippen LogP contribution in [0.2, 0.25) is 0 Å². The Morgan fingerprint density at radius 1 is 1.29 bits per heavy atom. The molecule has 5 nitrogen and oxygen atoms in total. The van der Waals surface area contributed by atoms with Gasteiger partial charge in [-0.1, -0.05) is 6.07 Å². The van der Waals surface area contributed by atoms with Crippen LogP contribution in [0.5, 0.6) is 11.5 Å². The fourth-order valence-electron chi connectivity index (χ4n) is 2.40. The number of nitrogens with zero attached hydrogens (tertiary/aromatic N) is 2. The number of hydrogen-bond acceptors (Lipinski definition) is 4. The van der Waals surface area contributed by atoms with Gasteiger partial charge < -0.3 is 14.8 Å². The number of aromatic nitrogens is 2. The summed E-state index contributed by atoms with van der Waals surface area (Å²) in [6.45, 7) is 2.73. The van der Waals surface area contributed by atoms with Crippen molar-refractivity contribution in [1.82, 2.24) is 15.1 Å². The predicted octanol–water partition coefficient (Wildman–Crippen LogP) is 2.37. The van der Waals surface area contributed by atoms with Gasteiger partial charge in [0, 0.05) is 6.54 Å². The fraction of sp³-hybridized carbons (Fsp3) is 0.400. The van der Waals surface area contributed by atoms with Gasteiger partial charge in [0.05, 0.1) is 26.5 Å². The molecule has 1 aromatic carbocycles. The van der Waals surface area contributed by atoms with Crippen LogP contribution < -0.4 is 14.8 Å². The minimum Gasteiger partial charge on any atom is -0.494 e. The van der Waals surface area contributed by atoms with Crippen LogP contribution in [0.25, 0.3) is 0 Å². The Balaban J connectivity index is 2.51. The van der Waals surface area contributed by atoms with Crippen LogP contribution >= 0.6 is 0 Å². The third kappa shape index (κ3) is 2.85. The van der Waals surface area contributed by atoms with Crippen molar-refractivity contribution in [2.75, 3.05) is 21.3 Å². The van der Waals surface area contributed by atoms with E-state index in [1.807, 2.05) is 18.7 Å². The number of ether oxygens (including phenoxy) is 2. The van der Waals surface area contributed by atoms with Gasteiger partial charge in [-0.2, -0.15) is 5.10 Å². The summed E-state index contributed by atoms with van der Waals surface area (Å²) in [5.41, 5.74) is 1.78. The molecule has 0 saturated heterocycles. The Labute approximate surface area is 123 Å².